The predicted octanol–water partition coefficient (Wildman–Crippen LogP) is 3.21. The predicted molar refractivity (Wildman–Crippen MR) is 77.8 cm³/mol. The minimum atomic E-state index is 0.435. The smallest absolute Gasteiger partial charge is 0.0948 e. The zero-order valence-electron chi connectivity index (χ0n) is 12.7. The second kappa shape index (κ2) is 4.34. The van der Waals surface area contributed by atoms with Crippen LogP contribution in [0.25, 0.3) is 0 Å². The van der Waals surface area contributed by atoms with Crippen LogP contribution < -0.4 is 5.32 Å². The van der Waals surface area contributed by atoms with Crippen LogP contribution in [-0.2, 0) is 13.1 Å². The fourth-order valence-corrected chi connectivity index (χ4v) is 4.80. The SMILES string of the molecule is CCn1cncc1CNC1C2(C)CCC(C2)C1(C)C. The average Bonchev–Trinajstić information content (AvgIpc) is 2.99. The molecule has 3 heteroatoms. The third-order valence-electron chi connectivity index (χ3n) is 5.90. The molecule has 0 spiro atoms. The number of aryl methyl sites for hydroxylation is 1. The van der Waals surface area contributed by atoms with Gasteiger partial charge in [0.05, 0.1) is 12.0 Å². The molecule has 0 aliphatic heterocycles. The Morgan fingerprint density at radius 1 is 1.42 bits per heavy atom. The van der Waals surface area contributed by atoms with Crippen molar-refractivity contribution in [3.63, 3.8) is 0 Å². The Labute approximate surface area is 116 Å². The van der Waals surface area contributed by atoms with Crippen molar-refractivity contribution in [2.45, 2.75) is 66.1 Å². The van der Waals surface area contributed by atoms with E-state index in [9.17, 15) is 0 Å². The number of rotatable bonds is 4. The first kappa shape index (κ1) is 13.2. The van der Waals surface area contributed by atoms with Gasteiger partial charge in [-0.15, -0.1) is 0 Å². The molecule has 1 heterocycles. The number of hydrogen-bond donors (Lipinski definition) is 1. The van der Waals surface area contributed by atoms with Crippen molar-refractivity contribution in [3.8, 4) is 0 Å². The maximum absolute atomic E-state index is 4.26. The van der Waals surface area contributed by atoms with Crippen molar-refractivity contribution in [1.29, 1.82) is 0 Å². The van der Waals surface area contributed by atoms with Gasteiger partial charge in [0.1, 0.15) is 0 Å². The van der Waals surface area contributed by atoms with Gasteiger partial charge in [0.2, 0.25) is 0 Å². The third kappa shape index (κ3) is 1.94. The lowest BCUT2D eigenvalue weighted by molar-refractivity contribution is 0.107. The number of fused-ring (bicyclic) bond motifs is 2. The van der Waals surface area contributed by atoms with Gasteiger partial charge in [0.15, 0.2) is 0 Å². The maximum atomic E-state index is 4.26. The Kier molecular flexibility index (Phi) is 3.01. The zero-order valence-corrected chi connectivity index (χ0v) is 12.7. The molecule has 2 bridgehead atoms. The minimum Gasteiger partial charge on any atom is -0.334 e. The van der Waals surface area contributed by atoms with Crippen LogP contribution in [-0.4, -0.2) is 15.6 Å². The number of aromatic nitrogens is 2. The van der Waals surface area contributed by atoms with Gasteiger partial charge in [0.25, 0.3) is 0 Å². The lowest BCUT2D eigenvalue weighted by atomic mass is 9.68. The van der Waals surface area contributed by atoms with Crippen LogP contribution in [0.15, 0.2) is 12.5 Å². The van der Waals surface area contributed by atoms with E-state index < -0.39 is 0 Å². The molecule has 1 N–H and O–H groups in total. The Morgan fingerprint density at radius 2 is 2.21 bits per heavy atom. The molecule has 3 nitrogen and oxygen atoms in total. The van der Waals surface area contributed by atoms with Crippen molar-refractivity contribution in [2.24, 2.45) is 16.7 Å². The minimum absolute atomic E-state index is 0.435. The summed E-state index contributed by atoms with van der Waals surface area (Å²) in [5.74, 6) is 0.908. The molecule has 2 aliphatic rings. The standard InChI is InChI=1S/C16H27N3/c1-5-19-11-17-9-13(19)10-18-14-15(2,3)12-6-7-16(14,4)8-12/h9,11-12,14,18H,5-8,10H2,1-4H3. The van der Waals surface area contributed by atoms with Gasteiger partial charge in [-0.25, -0.2) is 4.98 Å². The van der Waals surface area contributed by atoms with Crippen LogP contribution in [0.5, 0.6) is 0 Å². The average molecular weight is 261 g/mol. The zero-order chi connectivity index (χ0) is 13.7. The third-order valence-corrected chi connectivity index (χ3v) is 5.90. The summed E-state index contributed by atoms with van der Waals surface area (Å²) in [5, 5.41) is 3.86. The van der Waals surface area contributed by atoms with Gasteiger partial charge in [-0.2, -0.15) is 0 Å². The van der Waals surface area contributed by atoms with Gasteiger partial charge < -0.3 is 9.88 Å². The maximum Gasteiger partial charge on any atom is 0.0948 e. The molecule has 0 amide bonds. The summed E-state index contributed by atoms with van der Waals surface area (Å²) in [6.45, 7) is 11.5. The summed E-state index contributed by atoms with van der Waals surface area (Å²) in [6.07, 6.45) is 8.16. The van der Waals surface area contributed by atoms with Crippen LogP contribution in [0.2, 0.25) is 0 Å². The van der Waals surface area contributed by atoms with Crippen LogP contribution in [0.4, 0.5) is 0 Å². The molecule has 3 atom stereocenters. The van der Waals surface area contributed by atoms with E-state index in [1.54, 1.807) is 0 Å². The van der Waals surface area contributed by atoms with Crippen LogP contribution in [0.3, 0.4) is 0 Å². The van der Waals surface area contributed by atoms with Crippen LogP contribution in [0, 0.1) is 16.7 Å². The Bertz CT molecular complexity index is 458. The molecule has 3 unspecified atom stereocenters. The summed E-state index contributed by atoms with van der Waals surface area (Å²) < 4.78 is 2.23. The molecule has 1 aromatic rings. The summed E-state index contributed by atoms with van der Waals surface area (Å²) >= 11 is 0. The topological polar surface area (TPSA) is 29.9 Å². The quantitative estimate of drug-likeness (QED) is 0.902. The van der Waals surface area contributed by atoms with Gasteiger partial charge in [-0.05, 0) is 42.9 Å². The summed E-state index contributed by atoms with van der Waals surface area (Å²) in [6, 6.07) is 0.638. The van der Waals surface area contributed by atoms with Gasteiger partial charge >= 0.3 is 0 Å². The molecule has 3 rings (SSSR count). The van der Waals surface area contributed by atoms with E-state index in [4.69, 9.17) is 0 Å². The first-order valence-electron chi connectivity index (χ1n) is 7.70. The van der Waals surface area contributed by atoms with E-state index in [1.807, 2.05) is 12.5 Å². The highest BCUT2D eigenvalue weighted by Crippen LogP contribution is 2.62. The lowest BCUT2D eigenvalue weighted by Crippen LogP contribution is -2.50. The molecule has 19 heavy (non-hydrogen) atoms. The first-order valence-corrected chi connectivity index (χ1v) is 7.70. The van der Waals surface area contributed by atoms with E-state index in [0.717, 1.165) is 19.0 Å². The van der Waals surface area contributed by atoms with Crippen LogP contribution in [0.1, 0.15) is 52.7 Å². The fourth-order valence-electron chi connectivity index (χ4n) is 4.80. The van der Waals surface area contributed by atoms with Crippen molar-refractivity contribution in [2.75, 3.05) is 0 Å². The fraction of sp³-hybridized carbons (Fsp3) is 0.812. The number of hydrogen-bond acceptors (Lipinski definition) is 2. The second-order valence-corrected chi connectivity index (χ2v) is 7.40. The molecular weight excluding hydrogens is 234 g/mol. The van der Waals surface area contributed by atoms with Gasteiger partial charge in [-0.3, -0.25) is 0 Å². The van der Waals surface area contributed by atoms with E-state index in [1.165, 1.54) is 25.0 Å². The normalized spacial score (nSPS) is 36.0. The highest BCUT2D eigenvalue weighted by atomic mass is 15.1. The second-order valence-electron chi connectivity index (χ2n) is 7.40. The van der Waals surface area contributed by atoms with E-state index in [-0.39, 0.29) is 0 Å². The van der Waals surface area contributed by atoms with Gasteiger partial charge in [-0.1, -0.05) is 20.8 Å². The molecule has 106 valence electrons. The number of nitrogens with zero attached hydrogens (tertiary/aromatic N) is 2. The van der Waals surface area contributed by atoms with Crippen LogP contribution >= 0.6 is 0 Å². The molecule has 0 saturated heterocycles. The molecule has 2 aliphatic carbocycles. The number of imidazole rings is 1. The molecule has 1 aromatic heterocycles. The van der Waals surface area contributed by atoms with Crippen molar-refractivity contribution in [3.05, 3.63) is 18.2 Å². The summed E-state index contributed by atoms with van der Waals surface area (Å²) in [7, 11) is 0. The molecule has 2 fully saturated rings. The Morgan fingerprint density at radius 3 is 2.84 bits per heavy atom. The summed E-state index contributed by atoms with van der Waals surface area (Å²) in [4.78, 5) is 4.26. The lowest BCUT2D eigenvalue weighted by Gasteiger charge is -2.43. The highest BCUT2D eigenvalue weighted by molar-refractivity contribution is 5.12. The number of nitrogens with one attached hydrogen (secondary N) is 1. The summed E-state index contributed by atoms with van der Waals surface area (Å²) in [5.41, 5.74) is 2.25. The largest absolute Gasteiger partial charge is 0.334 e. The first-order chi connectivity index (χ1) is 8.97. The monoisotopic (exact) mass is 261 g/mol. The van der Waals surface area contributed by atoms with E-state index >= 15 is 0 Å². The Balaban J connectivity index is 1.73. The van der Waals surface area contributed by atoms with E-state index in [0.29, 0.717) is 16.9 Å². The van der Waals surface area contributed by atoms with Crippen molar-refractivity contribution < 1.29 is 0 Å². The molecule has 2 saturated carbocycles. The highest BCUT2D eigenvalue weighted by Gasteiger charge is 2.58. The van der Waals surface area contributed by atoms with E-state index in [2.05, 4.69) is 42.6 Å². The van der Waals surface area contributed by atoms with Crippen molar-refractivity contribution in [1.82, 2.24) is 14.9 Å². The van der Waals surface area contributed by atoms with Crippen molar-refractivity contribution >= 4 is 0 Å². The Hall–Kier alpha value is -0.830. The molecular formula is C16H27N3. The molecule has 0 aromatic carbocycles. The van der Waals surface area contributed by atoms with Gasteiger partial charge in [0, 0.05) is 25.3 Å². The molecule has 0 radical (unpaired) electrons.